The molecule has 0 aromatic carbocycles. The predicted octanol–water partition coefficient (Wildman–Crippen LogP) is 1.90. The second-order valence-corrected chi connectivity index (χ2v) is 5.36. The van der Waals surface area contributed by atoms with Crippen LogP contribution in [0.5, 0.6) is 0 Å². The third-order valence-corrected chi connectivity index (χ3v) is 3.98. The lowest BCUT2D eigenvalue weighted by Crippen LogP contribution is -2.41. The van der Waals surface area contributed by atoms with Gasteiger partial charge in [0.05, 0.1) is 19.2 Å². The maximum Gasteiger partial charge on any atom is 0.315 e. The smallest absolute Gasteiger partial charge is 0.315 e. The standard InChI is InChI=1S/C12H18N2O2S/c1-2-10-3-4-11(17-10)7-13-12(15)14-9-5-6-16-8-9/h3-4,9H,2,5-8H2,1H3,(H2,13,14,15). The van der Waals surface area contributed by atoms with Crippen molar-refractivity contribution in [1.29, 1.82) is 0 Å². The quantitative estimate of drug-likeness (QED) is 0.862. The summed E-state index contributed by atoms with van der Waals surface area (Å²) in [6, 6.07) is 4.25. The Hall–Kier alpha value is -1.07. The zero-order chi connectivity index (χ0) is 12.1. The highest BCUT2D eigenvalue weighted by molar-refractivity contribution is 7.11. The molecule has 1 aliphatic rings. The maximum absolute atomic E-state index is 11.6. The lowest BCUT2D eigenvalue weighted by Gasteiger charge is -2.11. The Kier molecular flexibility index (Phi) is 4.39. The molecule has 1 fully saturated rings. The van der Waals surface area contributed by atoms with Crippen LogP contribution in [0.2, 0.25) is 0 Å². The van der Waals surface area contributed by atoms with Crippen molar-refractivity contribution in [2.24, 2.45) is 0 Å². The molecule has 2 rings (SSSR count). The highest BCUT2D eigenvalue weighted by Crippen LogP contribution is 2.16. The number of thiophene rings is 1. The van der Waals surface area contributed by atoms with Crippen molar-refractivity contribution in [2.45, 2.75) is 32.4 Å². The molecule has 1 aromatic rings. The monoisotopic (exact) mass is 254 g/mol. The van der Waals surface area contributed by atoms with Crippen LogP contribution in [0.4, 0.5) is 4.79 Å². The van der Waals surface area contributed by atoms with Crippen LogP contribution in [0.3, 0.4) is 0 Å². The number of ether oxygens (including phenoxy) is 1. The van der Waals surface area contributed by atoms with E-state index in [2.05, 4.69) is 29.7 Å². The molecule has 1 aromatic heterocycles. The van der Waals surface area contributed by atoms with Gasteiger partial charge in [0.1, 0.15) is 0 Å². The van der Waals surface area contributed by atoms with Crippen molar-refractivity contribution < 1.29 is 9.53 Å². The van der Waals surface area contributed by atoms with Crippen LogP contribution in [0, 0.1) is 0 Å². The van der Waals surface area contributed by atoms with Crippen molar-refractivity contribution in [3.05, 3.63) is 21.9 Å². The van der Waals surface area contributed by atoms with E-state index in [0.29, 0.717) is 13.2 Å². The Labute approximate surface area is 105 Å². The van der Waals surface area contributed by atoms with Crippen LogP contribution in [0.1, 0.15) is 23.1 Å². The molecule has 0 spiro atoms. The van der Waals surface area contributed by atoms with Gasteiger partial charge >= 0.3 is 6.03 Å². The summed E-state index contributed by atoms with van der Waals surface area (Å²) < 4.78 is 5.20. The van der Waals surface area contributed by atoms with E-state index in [0.717, 1.165) is 19.4 Å². The van der Waals surface area contributed by atoms with E-state index < -0.39 is 0 Å². The molecule has 5 heteroatoms. The van der Waals surface area contributed by atoms with Gasteiger partial charge in [-0.2, -0.15) is 0 Å². The van der Waals surface area contributed by atoms with E-state index in [1.165, 1.54) is 9.75 Å². The van der Waals surface area contributed by atoms with Crippen LogP contribution in [-0.4, -0.2) is 25.3 Å². The van der Waals surface area contributed by atoms with Crippen molar-refractivity contribution in [3.63, 3.8) is 0 Å². The van der Waals surface area contributed by atoms with Crippen LogP contribution in [0.25, 0.3) is 0 Å². The van der Waals surface area contributed by atoms with Gasteiger partial charge in [0.2, 0.25) is 0 Å². The van der Waals surface area contributed by atoms with E-state index >= 15 is 0 Å². The van der Waals surface area contributed by atoms with E-state index in [4.69, 9.17) is 4.74 Å². The van der Waals surface area contributed by atoms with Gasteiger partial charge in [-0.05, 0) is 25.0 Å². The number of rotatable bonds is 4. The van der Waals surface area contributed by atoms with Crippen molar-refractivity contribution in [1.82, 2.24) is 10.6 Å². The molecule has 4 nitrogen and oxygen atoms in total. The summed E-state index contributed by atoms with van der Waals surface area (Å²) in [6.45, 7) is 4.11. The van der Waals surface area contributed by atoms with Gasteiger partial charge < -0.3 is 15.4 Å². The lowest BCUT2D eigenvalue weighted by molar-refractivity contribution is 0.188. The number of aryl methyl sites for hydroxylation is 1. The zero-order valence-electron chi connectivity index (χ0n) is 9.99. The zero-order valence-corrected chi connectivity index (χ0v) is 10.8. The average molecular weight is 254 g/mol. The van der Waals surface area contributed by atoms with Gasteiger partial charge in [0.15, 0.2) is 0 Å². The Morgan fingerprint density at radius 2 is 2.35 bits per heavy atom. The summed E-state index contributed by atoms with van der Waals surface area (Å²) in [7, 11) is 0. The molecular weight excluding hydrogens is 236 g/mol. The molecule has 1 aliphatic heterocycles. The average Bonchev–Trinajstić information content (AvgIpc) is 2.96. The number of urea groups is 1. The molecular formula is C12H18N2O2S. The second-order valence-electron chi connectivity index (χ2n) is 4.11. The fourth-order valence-electron chi connectivity index (χ4n) is 1.76. The van der Waals surface area contributed by atoms with E-state index in [-0.39, 0.29) is 12.1 Å². The minimum atomic E-state index is -0.105. The summed E-state index contributed by atoms with van der Waals surface area (Å²) in [5, 5.41) is 5.77. The SMILES string of the molecule is CCc1ccc(CNC(=O)NC2CCOC2)s1. The van der Waals surface area contributed by atoms with Crippen molar-refractivity contribution in [3.8, 4) is 0 Å². The molecule has 1 saturated heterocycles. The number of carbonyl (C=O) groups is 1. The van der Waals surface area contributed by atoms with Gasteiger partial charge in [-0.1, -0.05) is 6.92 Å². The second kappa shape index (κ2) is 6.02. The van der Waals surface area contributed by atoms with E-state index in [1.807, 2.05) is 0 Å². The molecule has 2 heterocycles. The largest absolute Gasteiger partial charge is 0.379 e. The van der Waals surface area contributed by atoms with Crippen molar-refractivity contribution in [2.75, 3.05) is 13.2 Å². The van der Waals surface area contributed by atoms with Crippen molar-refractivity contribution >= 4 is 17.4 Å². The predicted molar refractivity (Wildman–Crippen MR) is 68.3 cm³/mol. The fraction of sp³-hybridized carbons (Fsp3) is 0.583. The molecule has 0 saturated carbocycles. The van der Waals surface area contributed by atoms with Gasteiger partial charge in [0, 0.05) is 16.4 Å². The fourth-order valence-corrected chi connectivity index (χ4v) is 2.66. The minimum Gasteiger partial charge on any atom is -0.379 e. The van der Waals surface area contributed by atoms with Gasteiger partial charge in [-0.3, -0.25) is 0 Å². The summed E-state index contributed by atoms with van der Waals surface area (Å²) in [4.78, 5) is 14.1. The maximum atomic E-state index is 11.6. The topological polar surface area (TPSA) is 50.4 Å². The molecule has 17 heavy (non-hydrogen) atoms. The van der Waals surface area contributed by atoms with E-state index in [1.54, 1.807) is 11.3 Å². The normalized spacial score (nSPS) is 19.2. The molecule has 94 valence electrons. The van der Waals surface area contributed by atoms with Crippen LogP contribution in [0.15, 0.2) is 12.1 Å². The third kappa shape index (κ3) is 3.71. The first-order valence-electron chi connectivity index (χ1n) is 5.97. The molecule has 0 radical (unpaired) electrons. The molecule has 1 unspecified atom stereocenters. The summed E-state index contributed by atoms with van der Waals surface area (Å²) >= 11 is 1.75. The van der Waals surface area contributed by atoms with Crippen LogP contribution >= 0.6 is 11.3 Å². The molecule has 0 aliphatic carbocycles. The number of hydrogen-bond acceptors (Lipinski definition) is 3. The minimum absolute atomic E-state index is 0.105. The third-order valence-electron chi connectivity index (χ3n) is 2.75. The Bertz CT molecular complexity index is 372. The summed E-state index contributed by atoms with van der Waals surface area (Å²) in [5.41, 5.74) is 0. The highest BCUT2D eigenvalue weighted by atomic mass is 32.1. The number of carbonyl (C=O) groups excluding carboxylic acids is 1. The first-order chi connectivity index (χ1) is 8.28. The van der Waals surface area contributed by atoms with Gasteiger partial charge in [-0.15, -0.1) is 11.3 Å². The lowest BCUT2D eigenvalue weighted by atomic mass is 10.3. The highest BCUT2D eigenvalue weighted by Gasteiger charge is 2.17. The Morgan fingerprint density at radius 1 is 1.53 bits per heavy atom. The molecule has 2 amide bonds. The van der Waals surface area contributed by atoms with Gasteiger partial charge in [0.25, 0.3) is 0 Å². The Balaban J connectivity index is 1.71. The Morgan fingerprint density at radius 3 is 3.00 bits per heavy atom. The van der Waals surface area contributed by atoms with Crippen LogP contribution in [-0.2, 0) is 17.7 Å². The number of amides is 2. The number of hydrogen-bond donors (Lipinski definition) is 2. The first kappa shape index (κ1) is 12.4. The summed E-state index contributed by atoms with van der Waals surface area (Å²) in [5.74, 6) is 0. The summed E-state index contributed by atoms with van der Waals surface area (Å²) in [6.07, 6.45) is 1.96. The van der Waals surface area contributed by atoms with Crippen LogP contribution < -0.4 is 10.6 Å². The number of nitrogens with one attached hydrogen (secondary N) is 2. The van der Waals surface area contributed by atoms with Gasteiger partial charge in [-0.25, -0.2) is 4.79 Å². The molecule has 2 N–H and O–H groups in total. The van der Waals surface area contributed by atoms with E-state index in [9.17, 15) is 4.79 Å². The first-order valence-corrected chi connectivity index (χ1v) is 6.79. The molecule has 0 bridgehead atoms. The molecule has 1 atom stereocenters.